The van der Waals surface area contributed by atoms with Gasteiger partial charge in [-0.25, -0.2) is 4.98 Å². The molecule has 4 rings (SSSR count). The number of benzene rings is 1. The first kappa shape index (κ1) is 13.2. The van der Waals surface area contributed by atoms with Gasteiger partial charge in [0.05, 0.1) is 0 Å². The summed E-state index contributed by atoms with van der Waals surface area (Å²) < 4.78 is 2.11. The molecular weight excluding hydrogens is 294 g/mol. The fourth-order valence-electron chi connectivity index (χ4n) is 2.78. The number of fused-ring (bicyclic) bond motifs is 1. The van der Waals surface area contributed by atoms with Gasteiger partial charge in [-0.05, 0) is 48.4 Å². The van der Waals surface area contributed by atoms with E-state index in [9.17, 15) is 0 Å². The second-order valence-electron chi connectivity index (χ2n) is 5.34. The molecule has 0 aliphatic heterocycles. The highest BCUT2D eigenvalue weighted by atomic mass is 35.5. The molecule has 22 heavy (non-hydrogen) atoms. The van der Waals surface area contributed by atoms with Gasteiger partial charge >= 0.3 is 0 Å². The molecule has 0 radical (unpaired) electrons. The molecule has 0 saturated carbocycles. The van der Waals surface area contributed by atoms with Gasteiger partial charge in [-0.2, -0.15) is 0 Å². The second kappa shape index (κ2) is 5.04. The fourth-order valence-corrected chi connectivity index (χ4v) is 2.95. The lowest BCUT2D eigenvalue weighted by molar-refractivity contribution is 1.06. The Labute approximate surface area is 133 Å². The lowest BCUT2D eigenvalue weighted by Gasteiger charge is -2.07. The van der Waals surface area contributed by atoms with E-state index in [-0.39, 0.29) is 0 Å². The monoisotopic (exact) mass is 307 g/mol. The zero-order chi connectivity index (χ0) is 15.1. The smallest absolute Gasteiger partial charge is 0.137 e. The van der Waals surface area contributed by atoms with Crippen molar-refractivity contribution in [1.29, 1.82) is 0 Å². The number of hydrogen-bond acceptors (Lipinski definition) is 1. The Bertz CT molecular complexity index is 965. The van der Waals surface area contributed by atoms with E-state index in [1.54, 1.807) is 0 Å². The minimum atomic E-state index is 0.743. The standard InChI is InChI=1S/C18H14ClN3/c1-12-2-3-14(19)10-17(12)22-9-6-13(11-22)15-4-7-20-18-16(15)5-8-21-18/h2-11H,1H3,(H,20,21). The van der Waals surface area contributed by atoms with Crippen LogP contribution in [-0.4, -0.2) is 14.5 Å². The van der Waals surface area contributed by atoms with Crippen LogP contribution in [0.25, 0.3) is 27.8 Å². The van der Waals surface area contributed by atoms with Crippen molar-refractivity contribution in [2.75, 3.05) is 0 Å². The molecule has 1 N–H and O–H groups in total. The molecule has 4 heteroatoms. The molecule has 3 heterocycles. The quantitative estimate of drug-likeness (QED) is 0.556. The number of hydrogen-bond donors (Lipinski definition) is 1. The highest BCUT2D eigenvalue weighted by Gasteiger charge is 2.08. The maximum absolute atomic E-state index is 6.13. The summed E-state index contributed by atoms with van der Waals surface area (Å²) in [6.07, 6.45) is 7.93. The van der Waals surface area contributed by atoms with Gasteiger partial charge in [0, 0.05) is 46.4 Å². The molecule has 0 unspecified atom stereocenters. The van der Waals surface area contributed by atoms with Gasteiger partial charge in [-0.15, -0.1) is 0 Å². The Morgan fingerprint density at radius 2 is 2.05 bits per heavy atom. The number of aromatic amines is 1. The molecule has 3 nitrogen and oxygen atoms in total. The van der Waals surface area contributed by atoms with Crippen molar-refractivity contribution in [2.45, 2.75) is 6.92 Å². The SMILES string of the molecule is Cc1ccc(Cl)cc1-n1ccc(-c2ccnc3[nH]ccc23)c1. The molecule has 0 atom stereocenters. The first-order valence-electron chi connectivity index (χ1n) is 7.09. The predicted octanol–water partition coefficient (Wildman–Crippen LogP) is 4.98. The van der Waals surface area contributed by atoms with Crippen LogP contribution in [0, 0.1) is 6.92 Å². The number of halogens is 1. The second-order valence-corrected chi connectivity index (χ2v) is 5.77. The topological polar surface area (TPSA) is 33.6 Å². The van der Waals surface area contributed by atoms with E-state index in [2.05, 4.69) is 46.0 Å². The summed E-state index contributed by atoms with van der Waals surface area (Å²) in [4.78, 5) is 7.49. The molecule has 0 aliphatic carbocycles. The number of nitrogens with one attached hydrogen (secondary N) is 1. The van der Waals surface area contributed by atoms with Crippen molar-refractivity contribution >= 4 is 22.6 Å². The molecule has 0 bridgehead atoms. The summed E-state index contributed by atoms with van der Waals surface area (Å²) in [6.45, 7) is 2.09. The van der Waals surface area contributed by atoms with Gasteiger partial charge in [-0.1, -0.05) is 17.7 Å². The van der Waals surface area contributed by atoms with Crippen LogP contribution in [0.4, 0.5) is 0 Å². The van der Waals surface area contributed by atoms with Crippen molar-refractivity contribution < 1.29 is 0 Å². The van der Waals surface area contributed by atoms with Crippen molar-refractivity contribution in [1.82, 2.24) is 14.5 Å². The third kappa shape index (κ3) is 2.11. The lowest BCUT2D eigenvalue weighted by Crippen LogP contribution is -1.93. The average Bonchev–Trinajstić information content (AvgIpc) is 3.17. The maximum Gasteiger partial charge on any atom is 0.137 e. The van der Waals surface area contributed by atoms with E-state index in [1.807, 2.05) is 36.7 Å². The van der Waals surface area contributed by atoms with E-state index in [0.717, 1.165) is 27.3 Å². The number of aromatic nitrogens is 3. The number of aryl methyl sites for hydroxylation is 1. The third-order valence-corrected chi connectivity index (χ3v) is 4.15. The van der Waals surface area contributed by atoms with E-state index in [0.29, 0.717) is 0 Å². The minimum Gasteiger partial charge on any atom is -0.346 e. The Balaban J connectivity index is 1.85. The molecular formula is C18H14ClN3. The van der Waals surface area contributed by atoms with Gasteiger partial charge in [0.2, 0.25) is 0 Å². The van der Waals surface area contributed by atoms with Crippen LogP contribution in [0.3, 0.4) is 0 Å². The Morgan fingerprint density at radius 1 is 1.14 bits per heavy atom. The van der Waals surface area contributed by atoms with Gasteiger partial charge in [0.15, 0.2) is 0 Å². The highest BCUT2D eigenvalue weighted by Crippen LogP contribution is 2.29. The number of nitrogens with zero attached hydrogens (tertiary/aromatic N) is 2. The molecule has 4 aromatic rings. The molecule has 0 aliphatic rings. The Morgan fingerprint density at radius 3 is 2.95 bits per heavy atom. The molecule has 3 aromatic heterocycles. The predicted molar refractivity (Wildman–Crippen MR) is 90.6 cm³/mol. The molecule has 0 saturated heterocycles. The lowest BCUT2D eigenvalue weighted by atomic mass is 10.1. The third-order valence-electron chi connectivity index (χ3n) is 3.91. The van der Waals surface area contributed by atoms with Gasteiger partial charge in [-0.3, -0.25) is 0 Å². The van der Waals surface area contributed by atoms with Crippen molar-refractivity contribution in [3.8, 4) is 16.8 Å². The minimum absolute atomic E-state index is 0.743. The highest BCUT2D eigenvalue weighted by molar-refractivity contribution is 6.30. The van der Waals surface area contributed by atoms with E-state index < -0.39 is 0 Å². The van der Waals surface area contributed by atoms with Crippen LogP contribution in [0.15, 0.2) is 61.2 Å². The number of pyridine rings is 1. The van der Waals surface area contributed by atoms with Gasteiger partial charge in [0.25, 0.3) is 0 Å². The molecule has 0 fully saturated rings. The first-order valence-corrected chi connectivity index (χ1v) is 7.47. The largest absolute Gasteiger partial charge is 0.346 e. The van der Waals surface area contributed by atoms with Crippen LogP contribution in [0.2, 0.25) is 5.02 Å². The molecule has 1 aromatic carbocycles. The van der Waals surface area contributed by atoms with Crippen molar-refractivity contribution in [3.63, 3.8) is 0 Å². The van der Waals surface area contributed by atoms with Crippen LogP contribution in [0.1, 0.15) is 5.56 Å². The van der Waals surface area contributed by atoms with Gasteiger partial charge in [0.1, 0.15) is 5.65 Å². The summed E-state index contributed by atoms with van der Waals surface area (Å²) >= 11 is 6.13. The van der Waals surface area contributed by atoms with E-state index in [4.69, 9.17) is 11.6 Å². The summed E-state index contributed by atoms with van der Waals surface area (Å²) in [5.41, 5.74) is 5.52. The summed E-state index contributed by atoms with van der Waals surface area (Å²) in [6, 6.07) is 12.1. The first-order chi connectivity index (χ1) is 10.7. The average molecular weight is 308 g/mol. The van der Waals surface area contributed by atoms with Gasteiger partial charge < -0.3 is 9.55 Å². The van der Waals surface area contributed by atoms with E-state index >= 15 is 0 Å². The number of rotatable bonds is 2. The van der Waals surface area contributed by atoms with Crippen LogP contribution in [-0.2, 0) is 0 Å². The van der Waals surface area contributed by atoms with Crippen molar-refractivity contribution in [3.05, 3.63) is 71.8 Å². The summed E-state index contributed by atoms with van der Waals surface area (Å²) in [5.74, 6) is 0. The number of H-pyrrole nitrogens is 1. The van der Waals surface area contributed by atoms with Crippen LogP contribution >= 0.6 is 11.6 Å². The summed E-state index contributed by atoms with van der Waals surface area (Å²) in [7, 11) is 0. The molecule has 0 spiro atoms. The zero-order valence-corrected chi connectivity index (χ0v) is 12.8. The maximum atomic E-state index is 6.13. The fraction of sp³-hybridized carbons (Fsp3) is 0.0556. The van der Waals surface area contributed by atoms with Crippen LogP contribution in [0.5, 0.6) is 0 Å². The van der Waals surface area contributed by atoms with E-state index in [1.165, 1.54) is 11.1 Å². The van der Waals surface area contributed by atoms with Crippen LogP contribution < -0.4 is 0 Å². The molecule has 108 valence electrons. The molecule has 0 amide bonds. The van der Waals surface area contributed by atoms with Crippen molar-refractivity contribution in [2.24, 2.45) is 0 Å². The Kier molecular flexibility index (Phi) is 3.01. The summed E-state index contributed by atoms with van der Waals surface area (Å²) in [5, 5.41) is 1.87. The normalized spacial score (nSPS) is 11.2. The zero-order valence-electron chi connectivity index (χ0n) is 12.0. The Hall–Kier alpha value is -2.52.